The fourth-order valence-corrected chi connectivity index (χ4v) is 3.47. The molecule has 3 heterocycles. The van der Waals surface area contributed by atoms with E-state index >= 15 is 0 Å². The molecule has 2 aromatic heterocycles. The Morgan fingerprint density at radius 3 is 2.56 bits per heavy atom. The molecule has 0 radical (unpaired) electrons. The molecule has 4 rings (SSSR count). The molecule has 0 amide bonds. The van der Waals surface area contributed by atoms with E-state index < -0.39 is 23.1 Å². The smallest absolute Gasteiger partial charge is 0.383 e. The van der Waals surface area contributed by atoms with Crippen LogP contribution >= 0.6 is 0 Å². The average molecular weight is 453 g/mol. The second-order valence-corrected chi connectivity index (χ2v) is 8.32. The highest BCUT2D eigenvalue weighted by Crippen LogP contribution is 2.40. The Kier molecular flexibility index (Phi) is 5.49. The van der Waals surface area contributed by atoms with Gasteiger partial charge in [-0.25, -0.2) is 4.99 Å². The van der Waals surface area contributed by atoms with E-state index in [0.29, 0.717) is 11.4 Å². The summed E-state index contributed by atoms with van der Waals surface area (Å²) in [5.74, 6) is -1.91. The minimum absolute atomic E-state index is 0.107. The van der Waals surface area contributed by atoms with E-state index in [1.807, 2.05) is 13.8 Å². The molecular formula is C19H26F3N9O. The van der Waals surface area contributed by atoms with Crippen LogP contribution in [-0.4, -0.2) is 57.4 Å². The number of allylic oxidation sites excluding steroid dienone is 1. The molecule has 1 aliphatic carbocycles. The first-order valence-electron chi connectivity index (χ1n) is 10.2. The number of halogens is 3. The molecule has 32 heavy (non-hydrogen) atoms. The highest BCUT2D eigenvalue weighted by Gasteiger charge is 2.45. The van der Waals surface area contributed by atoms with Crippen LogP contribution in [0.2, 0.25) is 0 Å². The normalized spacial score (nSPS) is 21.7. The Bertz CT molecular complexity index is 1020. The van der Waals surface area contributed by atoms with E-state index in [4.69, 9.17) is 15.6 Å². The summed E-state index contributed by atoms with van der Waals surface area (Å²) in [6.45, 7) is 4.18. The van der Waals surface area contributed by atoms with Crippen LogP contribution in [-0.2, 0) is 16.1 Å². The Morgan fingerprint density at radius 1 is 1.28 bits per heavy atom. The van der Waals surface area contributed by atoms with Crippen molar-refractivity contribution in [3.8, 4) is 0 Å². The zero-order valence-electron chi connectivity index (χ0n) is 18.0. The lowest BCUT2D eigenvalue weighted by Crippen LogP contribution is -2.55. The van der Waals surface area contributed by atoms with Gasteiger partial charge < -0.3 is 15.4 Å². The summed E-state index contributed by atoms with van der Waals surface area (Å²) in [6, 6.07) is 1.85. The van der Waals surface area contributed by atoms with Gasteiger partial charge in [0, 0.05) is 19.9 Å². The Labute approximate surface area is 182 Å². The lowest BCUT2D eigenvalue weighted by molar-refractivity contribution is -0.0876. The molecule has 2 aliphatic rings. The number of nitrogens with zero attached hydrogens (tertiary/aromatic N) is 6. The van der Waals surface area contributed by atoms with Gasteiger partial charge in [-0.3, -0.25) is 10.4 Å². The number of nitrogens with two attached hydrogens (primary N) is 1. The van der Waals surface area contributed by atoms with Crippen molar-refractivity contribution >= 4 is 6.21 Å². The SMILES string of the molecule is COCCNC1=C(C(F)(F)F)C=NC(N)(c2cc(C(C)(C)n3nccn3)nn2C2CC2)N1. The second kappa shape index (κ2) is 7.89. The van der Waals surface area contributed by atoms with E-state index in [-0.39, 0.29) is 25.0 Å². The van der Waals surface area contributed by atoms with Gasteiger partial charge in [0.2, 0.25) is 5.79 Å². The van der Waals surface area contributed by atoms with Crippen LogP contribution in [0.1, 0.15) is 44.1 Å². The lowest BCUT2D eigenvalue weighted by atomic mass is 10.0. The maximum absolute atomic E-state index is 13.6. The monoisotopic (exact) mass is 453 g/mol. The first kappa shape index (κ1) is 22.3. The molecular weight excluding hydrogens is 427 g/mol. The van der Waals surface area contributed by atoms with Crippen molar-refractivity contribution in [1.29, 1.82) is 0 Å². The standard InChI is InChI=1S/C19H26F3N9O/c1-17(2,31-26-6-7-27-31)14-10-15(30(29-14)12-4-5-12)19(23)25-11-13(18(20,21)22)16(28-19)24-8-9-32-3/h6-7,10-12,24,28H,4-5,8-9,23H2,1-3H3. The van der Waals surface area contributed by atoms with E-state index in [1.54, 1.807) is 23.1 Å². The Hall–Kier alpha value is -2.93. The number of hydrogen-bond donors (Lipinski definition) is 3. The van der Waals surface area contributed by atoms with Gasteiger partial charge in [-0.15, -0.1) is 0 Å². The van der Waals surface area contributed by atoms with E-state index in [2.05, 4.69) is 25.8 Å². The molecule has 0 spiro atoms. The van der Waals surface area contributed by atoms with Gasteiger partial charge in [0.05, 0.1) is 30.7 Å². The molecule has 10 nitrogen and oxygen atoms in total. The number of ether oxygens (including phenoxy) is 1. The number of aliphatic imine (C=N–C) groups is 1. The van der Waals surface area contributed by atoms with E-state index in [9.17, 15) is 13.2 Å². The van der Waals surface area contributed by atoms with Crippen molar-refractivity contribution in [3.05, 3.63) is 41.2 Å². The molecule has 2 aromatic rings. The van der Waals surface area contributed by atoms with Crippen molar-refractivity contribution in [2.24, 2.45) is 10.7 Å². The first-order chi connectivity index (χ1) is 15.1. The number of hydrogen-bond acceptors (Lipinski definition) is 8. The minimum Gasteiger partial charge on any atom is -0.383 e. The summed E-state index contributed by atoms with van der Waals surface area (Å²) < 4.78 is 47.3. The van der Waals surface area contributed by atoms with Gasteiger partial charge >= 0.3 is 6.18 Å². The highest BCUT2D eigenvalue weighted by atomic mass is 19.4. The number of methoxy groups -OCH3 is 1. The van der Waals surface area contributed by atoms with Crippen LogP contribution in [0.25, 0.3) is 0 Å². The number of aromatic nitrogens is 5. The van der Waals surface area contributed by atoms with Crippen molar-refractivity contribution in [1.82, 2.24) is 35.4 Å². The average Bonchev–Trinajstić information content (AvgIpc) is 3.22. The predicted octanol–water partition coefficient (Wildman–Crippen LogP) is 1.35. The van der Waals surface area contributed by atoms with Crippen molar-refractivity contribution in [3.63, 3.8) is 0 Å². The Balaban J connectivity index is 1.72. The summed E-state index contributed by atoms with van der Waals surface area (Å²) in [5, 5.41) is 18.6. The third-order valence-corrected chi connectivity index (χ3v) is 5.46. The molecule has 174 valence electrons. The molecule has 1 atom stereocenters. The van der Waals surface area contributed by atoms with Crippen LogP contribution in [0.5, 0.6) is 0 Å². The quantitative estimate of drug-likeness (QED) is 0.516. The minimum atomic E-state index is -4.61. The largest absolute Gasteiger partial charge is 0.421 e. The highest BCUT2D eigenvalue weighted by molar-refractivity contribution is 5.82. The van der Waals surface area contributed by atoms with E-state index in [1.165, 1.54) is 11.9 Å². The van der Waals surface area contributed by atoms with Gasteiger partial charge in [-0.05, 0) is 32.8 Å². The molecule has 4 N–H and O–H groups in total. The third kappa shape index (κ3) is 4.09. The van der Waals surface area contributed by atoms with Crippen LogP contribution in [0.15, 0.2) is 34.8 Å². The molecule has 13 heteroatoms. The van der Waals surface area contributed by atoms with Crippen LogP contribution in [0.4, 0.5) is 13.2 Å². The summed E-state index contributed by atoms with van der Waals surface area (Å²) in [6.07, 6.45) is 1.09. The predicted molar refractivity (Wildman–Crippen MR) is 109 cm³/mol. The third-order valence-electron chi connectivity index (χ3n) is 5.46. The molecule has 0 aromatic carbocycles. The number of nitrogens with one attached hydrogen (secondary N) is 2. The first-order valence-corrected chi connectivity index (χ1v) is 10.2. The lowest BCUT2D eigenvalue weighted by Gasteiger charge is -2.34. The molecule has 0 bridgehead atoms. The molecule has 1 aliphatic heterocycles. The Morgan fingerprint density at radius 2 is 1.97 bits per heavy atom. The van der Waals surface area contributed by atoms with Gasteiger partial charge in [0.1, 0.15) is 22.6 Å². The number of alkyl halides is 3. The topological polar surface area (TPSA) is 120 Å². The summed E-state index contributed by atoms with van der Waals surface area (Å²) in [7, 11) is 1.47. The van der Waals surface area contributed by atoms with Gasteiger partial charge in [-0.1, -0.05) is 0 Å². The van der Waals surface area contributed by atoms with Gasteiger partial charge in [-0.2, -0.15) is 33.3 Å². The van der Waals surface area contributed by atoms with Crippen molar-refractivity contribution in [2.75, 3.05) is 20.3 Å². The second-order valence-electron chi connectivity index (χ2n) is 8.32. The summed E-state index contributed by atoms with van der Waals surface area (Å²) >= 11 is 0. The molecule has 1 saturated carbocycles. The van der Waals surface area contributed by atoms with Crippen LogP contribution in [0, 0.1) is 0 Å². The van der Waals surface area contributed by atoms with Crippen LogP contribution < -0.4 is 16.4 Å². The zero-order chi connectivity index (χ0) is 23.1. The fourth-order valence-electron chi connectivity index (χ4n) is 3.47. The van der Waals surface area contributed by atoms with Gasteiger partial charge in [0.25, 0.3) is 0 Å². The zero-order valence-corrected chi connectivity index (χ0v) is 18.0. The molecule has 1 unspecified atom stereocenters. The van der Waals surface area contributed by atoms with Crippen molar-refractivity contribution in [2.45, 2.75) is 50.2 Å². The fraction of sp³-hybridized carbons (Fsp3) is 0.579. The maximum atomic E-state index is 13.6. The number of rotatable bonds is 8. The van der Waals surface area contributed by atoms with Gasteiger partial charge in [0.15, 0.2) is 0 Å². The molecule has 0 saturated heterocycles. The van der Waals surface area contributed by atoms with E-state index in [0.717, 1.165) is 19.1 Å². The molecule has 1 fully saturated rings. The van der Waals surface area contributed by atoms with Crippen LogP contribution in [0.3, 0.4) is 0 Å². The summed E-state index contributed by atoms with van der Waals surface area (Å²) in [5.41, 5.74) is 5.98. The summed E-state index contributed by atoms with van der Waals surface area (Å²) in [4.78, 5) is 5.60. The van der Waals surface area contributed by atoms with Crippen molar-refractivity contribution < 1.29 is 17.9 Å². The maximum Gasteiger partial charge on any atom is 0.421 e.